The Morgan fingerprint density at radius 2 is 1.78 bits per heavy atom. The number of imide groups is 2. The zero-order chi connectivity index (χ0) is 26.5. The van der Waals surface area contributed by atoms with Crippen molar-refractivity contribution in [3.05, 3.63) is 88.2 Å². The number of amides is 5. The number of carbonyl (C=O) groups excluding carboxylic acids is 4. The van der Waals surface area contributed by atoms with Gasteiger partial charge in [0.2, 0.25) is 0 Å². The normalized spacial score (nSPS) is 14.4. The summed E-state index contributed by atoms with van der Waals surface area (Å²) in [6.07, 6.45) is 1.28. The van der Waals surface area contributed by atoms with Gasteiger partial charge in [-0.05, 0) is 76.1 Å². The zero-order valence-corrected chi connectivity index (χ0v) is 20.9. The monoisotopic (exact) mass is 567 g/mol. The van der Waals surface area contributed by atoms with Gasteiger partial charge in [0.25, 0.3) is 17.7 Å². The highest BCUT2D eigenvalue weighted by Gasteiger charge is 2.36. The zero-order valence-electron chi connectivity index (χ0n) is 19.3. The van der Waals surface area contributed by atoms with Crippen LogP contribution in [-0.2, 0) is 14.4 Å². The average molecular weight is 568 g/mol. The van der Waals surface area contributed by atoms with Gasteiger partial charge < -0.3 is 14.8 Å². The quantitative estimate of drug-likeness (QED) is 0.325. The number of carbonyl (C=O) groups is 4. The minimum atomic E-state index is -0.949. The number of anilines is 2. The standard InChI is InChI=1S/C26H19BrFN3O6/c1-36-21-13-15(12-20(27)23(21)37-14-22(32)29-17-5-3-2-4-6-17)11-19-24(33)30-26(35)31(25(19)34)18-9-7-16(28)8-10-18/h2-13H,14H2,1H3,(H,29,32)(H,30,33,35)/b19-11+. The first-order valence-electron chi connectivity index (χ1n) is 10.8. The Kier molecular flexibility index (Phi) is 7.63. The average Bonchev–Trinajstić information content (AvgIpc) is 2.87. The summed E-state index contributed by atoms with van der Waals surface area (Å²) in [4.78, 5) is 50.8. The van der Waals surface area contributed by atoms with Gasteiger partial charge >= 0.3 is 6.03 Å². The number of urea groups is 1. The van der Waals surface area contributed by atoms with Crippen molar-refractivity contribution in [2.24, 2.45) is 0 Å². The highest BCUT2D eigenvalue weighted by atomic mass is 79.9. The fourth-order valence-corrected chi connectivity index (χ4v) is 4.04. The van der Waals surface area contributed by atoms with Crippen LogP contribution in [0.25, 0.3) is 6.08 Å². The Morgan fingerprint density at radius 3 is 2.46 bits per heavy atom. The Labute approximate surface area is 219 Å². The third kappa shape index (κ3) is 5.84. The van der Waals surface area contributed by atoms with Gasteiger partial charge in [-0.15, -0.1) is 0 Å². The van der Waals surface area contributed by atoms with E-state index in [1.165, 1.54) is 31.4 Å². The molecule has 11 heteroatoms. The smallest absolute Gasteiger partial charge is 0.335 e. The molecule has 1 aliphatic heterocycles. The summed E-state index contributed by atoms with van der Waals surface area (Å²) < 4.78 is 24.7. The molecule has 0 spiro atoms. The lowest BCUT2D eigenvalue weighted by Crippen LogP contribution is -2.54. The molecule has 188 valence electrons. The van der Waals surface area contributed by atoms with Crippen molar-refractivity contribution in [3.63, 3.8) is 0 Å². The van der Waals surface area contributed by atoms with E-state index in [4.69, 9.17) is 9.47 Å². The van der Waals surface area contributed by atoms with Crippen LogP contribution in [0.1, 0.15) is 5.56 Å². The second-order valence-electron chi connectivity index (χ2n) is 7.67. The number of rotatable bonds is 7. The van der Waals surface area contributed by atoms with Crippen molar-refractivity contribution >= 4 is 57.1 Å². The van der Waals surface area contributed by atoms with Crippen LogP contribution in [-0.4, -0.2) is 37.5 Å². The van der Waals surface area contributed by atoms with E-state index in [-0.39, 0.29) is 35.3 Å². The van der Waals surface area contributed by atoms with Crippen LogP contribution in [0.15, 0.2) is 76.8 Å². The highest BCUT2D eigenvalue weighted by Crippen LogP contribution is 2.37. The molecule has 2 N–H and O–H groups in total. The van der Waals surface area contributed by atoms with Gasteiger partial charge in [0, 0.05) is 5.69 Å². The SMILES string of the molecule is COc1cc(/C=C2\C(=O)NC(=O)N(c3ccc(F)cc3)C2=O)cc(Br)c1OCC(=O)Nc1ccccc1. The summed E-state index contributed by atoms with van der Waals surface area (Å²) in [5.41, 5.74) is 0.761. The molecule has 3 aromatic rings. The van der Waals surface area contributed by atoms with Crippen LogP contribution < -0.4 is 25.0 Å². The van der Waals surface area contributed by atoms with E-state index >= 15 is 0 Å². The van der Waals surface area contributed by atoms with E-state index in [1.54, 1.807) is 30.3 Å². The molecule has 0 aliphatic carbocycles. The molecule has 0 unspecified atom stereocenters. The fraction of sp³-hybridized carbons (Fsp3) is 0.0769. The number of hydrogen-bond donors (Lipinski definition) is 2. The fourth-order valence-electron chi connectivity index (χ4n) is 3.47. The van der Waals surface area contributed by atoms with Crippen LogP contribution >= 0.6 is 15.9 Å². The largest absolute Gasteiger partial charge is 0.493 e. The summed E-state index contributed by atoms with van der Waals surface area (Å²) >= 11 is 3.36. The Balaban J connectivity index is 1.56. The van der Waals surface area contributed by atoms with Crippen molar-refractivity contribution in [1.82, 2.24) is 5.32 Å². The van der Waals surface area contributed by atoms with Crippen molar-refractivity contribution in [2.75, 3.05) is 23.9 Å². The number of methoxy groups -OCH3 is 1. The maximum Gasteiger partial charge on any atom is 0.335 e. The molecule has 0 atom stereocenters. The highest BCUT2D eigenvalue weighted by molar-refractivity contribution is 9.10. The Hall–Kier alpha value is -4.51. The van der Waals surface area contributed by atoms with Gasteiger partial charge in [-0.3, -0.25) is 19.7 Å². The van der Waals surface area contributed by atoms with E-state index in [2.05, 4.69) is 26.6 Å². The molecule has 1 saturated heterocycles. The van der Waals surface area contributed by atoms with Crippen LogP contribution in [0.4, 0.5) is 20.6 Å². The molecular formula is C26H19BrFN3O6. The predicted molar refractivity (Wildman–Crippen MR) is 137 cm³/mol. The molecule has 0 bridgehead atoms. The minimum Gasteiger partial charge on any atom is -0.493 e. The Bertz CT molecular complexity index is 1410. The number of halogens is 2. The number of nitrogens with zero attached hydrogens (tertiary/aromatic N) is 1. The minimum absolute atomic E-state index is 0.0959. The lowest BCUT2D eigenvalue weighted by atomic mass is 10.1. The van der Waals surface area contributed by atoms with Crippen molar-refractivity contribution in [3.8, 4) is 11.5 Å². The van der Waals surface area contributed by atoms with Crippen LogP contribution in [0, 0.1) is 5.82 Å². The number of nitrogens with one attached hydrogen (secondary N) is 2. The first-order chi connectivity index (χ1) is 17.8. The maximum atomic E-state index is 13.3. The van der Waals surface area contributed by atoms with Gasteiger partial charge in [0.1, 0.15) is 11.4 Å². The molecule has 5 amide bonds. The Morgan fingerprint density at radius 1 is 1.08 bits per heavy atom. The van der Waals surface area contributed by atoms with Gasteiger partial charge in [-0.25, -0.2) is 14.1 Å². The molecule has 3 aromatic carbocycles. The summed E-state index contributed by atoms with van der Waals surface area (Å²) in [5.74, 6) is -2.24. The molecule has 9 nitrogen and oxygen atoms in total. The maximum absolute atomic E-state index is 13.3. The lowest BCUT2D eigenvalue weighted by Gasteiger charge is -2.26. The van der Waals surface area contributed by atoms with Crippen molar-refractivity contribution < 1.29 is 33.0 Å². The predicted octanol–water partition coefficient (Wildman–Crippen LogP) is 4.28. The number of benzene rings is 3. The summed E-state index contributed by atoms with van der Waals surface area (Å²) in [6, 6.07) is 15.7. The van der Waals surface area contributed by atoms with E-state index in [0.29, 0.717) is 15.7 Å². The van der Waals surface area contributed by atoms with E-state index in [0.717, 1.165) is 17.0 Å². The first-order valence-corrected chi connectivity index (χ1v) is 11.6. The molecule has 37 heavy (non-hydrogen) atoms. The topological polar surface area (TPSA) is 114 Å². The van der Waals surface area contributed by atoms with Crippen LogP contribution in [0.3, 0.4) is 0 Å². The molecule has 0 aromatic heterocycles. The second kappa shape index (κ2) is 11.0. The van der Waals surface area contributed by atoms with Gasteiger partial charge in [-0.1, -0.05) is 18.2 Å². The molecule has 0 saturated carbocycles. The third-order valence-corrected chi connectivity index (χ3v) is 5.74. The number of ether oxygens (including phenoxy) is 2. The van der Waals surface area contributed by atoms with Crippen molar-refractivity contribution in [1.29, 1.82) is 0 Å². The molecule has 1 heterocycles. The second-order valence-corrected chi connectivity index (χ2v) is 8.53. The number of hydrogen-bond acceptors (Lipinski definition) is 6. The van der Waals surface area contributed by atoms with Gasteiger partial charge in [-0.2, -0.15) is 0 Å². The van der Waals surface area contributed by atoms with E-state index in [9.17, 15) is 23.6 Å². The van der Waals surface area contributed by atoms with Crippen LogP contribution in [0.2, 0.25) is 0 Å². The van der Waals surface area contributed by atoms with Gasteiger partial charge in [0.05, 0.1) is 17.3 Å². The molecular weight excluding hydrogens is 549 g/mol. The van der Waals surface area contributed by atoms with E-state index < -0.39 is 23.7 Å². The molecule has 0 radical (unpaired) electrons. The summed E-state index contributed by atoms with van der Waals surface area (Å²) in [7, 11) is 1.39. The van der Waals surface area contributed by atoms with Gasteiger partial charge in [0.15, 0.2) is 18.1 Å². The molecule has 1 aliphatic rings. The summed E-state index contributed by atoms with van der Waals surface area (Å²) in [5, 5.41) is 4.81. The number of barbiturate groups is 1. The number of para-hydroxylation sites is 1. The molecule has 1 fully saturated rings. The van der Waals surface area contributed by atoms with Crippen LogP contribution in [0.5, 0.6) is 11.5 Å². The molecule has 4 rings (SSSR count). The first kappa shape index (κ1) is 25.6. The third-order valence-electron chi connectivity index (χ3n) is 5.15. The van der Waals surface area contributed by atoms with Crippen molar-refractivity contribution in [2.45, 2.75) is 0 Å². The summed E-state index contributed by atoms with van der Waals surface area (Å²) in [6.45, 7) is -0.306. The lowest BCUT2D eigenvalue weighted by molar-refractivity contribution is -0.122. The van der Waals surface area contributed by atoms with E-state index in [1.807, 2.05) is 6.07 Å².